The van der Waals surface area contributed by atoms with Crippen molar-refractivity contribution in [1.29, 1.82) is 0 Å². The van der Waals surface area contributed by atoms with Crippen LogP contribution < -0.4 is 10.5 Å². The molecule has 0 aliphatic heterocycles. The minimum atomic E-state index is -1.15. The molecule has 0 bridgehead atoms. The van der Waals surface area contributed by atoms with E-state index in [0.29, 0.717) is 11.3 Å². The number of amides is 2. The summed E-state index contributed by atoms with van der Waals surface area (Å²) in [6.45, 7) is 0. The molecule has 158 valence electrons. The molecular weight excluding hydrogens is 404 g/mol. The minimum Gasteiger partial charge on any atom is -0.453 e. The van der Waals surface area contributed by atoms with Gasteiger partial charge in [-0.3, -0.25) is 14.6 Å². The molecule has 1 atom stereocenters. The first-order valence-corrected chi connectivity index (χ1v) is 9.22. The largest absolute Gasteiger partial charge is 0.453 e. The standard InChI is InChI=1S/C23H19F2N3O3/c1-28(22(23(26)30)16-4-2-5-17(24)13-16)21(29)10-8-15-7-9-20(19(25)12-15)31-18-6-3-11-27-14-18/h2-14,22H,1H3,(H2,26,30)/b10-8+. The summed E-state index contributed by atoms with van der Waals surface area (Å²) in [6.07, 6.45) is 5.59. The van der Waals surface area contributed by atoms with E-state index in [4.69, 9.17) is 10.5 Å². The third kappa shape index (κ3) is 5.51. The van der Waals surface area contributed by atoms with Crippen LogP contribution in [-0.4, -0.2) is 28.7 Å². The Bertz CT molecular complexity index is 1120. The van der Waals surface area contributed by atoms with Gasteiger partial charge in [0.15, 0.2) is 11.6 Å². The second kappa shape index (κ2) is 9.62. The van der Waals surface area contributed by atoms with Crippen molar-refractivity contribution >= 4 is 17.9 Å². The maximum Gasteiger partial charge on any atom is 0.247 e. The van der Waals surface area contributed by atoms with Crippen molar-refractivity contribution in [2.24, 2.45) is 5.73 Å². The molecule has 6 nitrogen and oxygen atoms in total. The molecule has 0 fully saturated rings. The Morgan fingerprint density at radius 3 is 2.58 bits per heavy atom. The molecule has 1 aromatic heterocycles. The van der Waals surface area contributed by atoms with Crippen LogP contribution in [0.25, 0.3) is 6.08 Å². The number of likely N-dealkylation sites (N-methyl/N-ethyl adjacent to an activating group) is 1. The average molecular weight is 423 g/mol. The van der Waals surface area contributed by atoms with E-state index >= 15 is 0 Å². The van der Waals surface area contributed by atoms with Gasteiger partial charge in [0.1, 0.15) is 17.6 Å². The van der Waals surface area contributed by atoms with Gasteiger partial charge in [0.05, 0.1) is 6.20 Å². The molecule has 0 aliphatic rings. The van der Waals surface area contributed by atoms with Gasteiger partial charge in [0, 0.05) is 19.3 Å². The summed E-state index contributed by atoms with van der Waals surface area (Å²) in [5, 5.41) is 0. The fourth-order valence-corrected chi connectivity index (χ4v) is 2.91. The van der Waals surface area contributed by atoms with Gasteiger partial charge in [0.25, 0.3) is 0 Å². The van der Waals surface area contributed by atoms with Crippen LogP contribution in [0, 0.1) is 11.6 Å². The molecule has 1 unspecified atom stereocenters. The van der Waals surface area contributed by atoms with E-state index in [-0.39, 0.29) is 11.3 Å². The number of hydrogen-bond acceptors (Lipinski definition) is 4. The number of nitrogens with zero attached hydrogens (tertiary/aromatic N) is 2. The van der Waals surface area contributed by atoms with Gasteiger partial charge in [-0.25, -0.2) is 8.78 Å². The summed E-state index contributed by atoms with van der Waals surface area (Å²) >= 11 is 0. The van der Waals surface area contributed by atoms with Gasteiger partial charge in [-0.15, -0.1) is 0 Å². The van der Waals surface area contributed by atoms with Gasteiger partial charge in [-0.2, -0.15) is 0 Å². The topological polar surface area (TPSA) is 85.5 Å². The number of hydrogen-bond donors (Lipinski definition) is 1. The highest BCUT2D eigenvalue weighted by atomic mass is 19.1. The van der Waals surface area contributed by atoms with Gasteiger partial charge in [-0.1, -0.05) is 18.2 Å². The lowest BCUT2D eigenvalue weighted by atomic mass is 10.0. The molecule has 2 N–H and O–H groups in total. The second-order valence-corrected chi connectivity index (χ2v) is 6.62. The van der Waals surface area contributed by atoms with Crippen LogP contribution in [-0.2, 0) is 9.59 Å². The fraction of sp³-hybridized carbons (Fsp3) is 0.0870. The lowest BCUT2D eigenvalue weighted by Gasteiger charge is -2.25. The summed E-state index contributed by atoms with van der Waals surface area (Å²) in [7, 11) is 1.37. The Morgan fingerprint density at radius 2 is 1.94 bits per heavy atom. The lowest BCUT2D eigenvalue weighted by molar-refractivity contribution is -0.134. The number of primary amides is 1. The summed E-state index contributed by atoms with van der Waals surface area (Å²) in [6, 6.07) is 11.6. The molecule has 31 heavy (non-hydrogen) atoms. The number of aromatic nitrogens is 1. The zero-order valence-corrected chi connectivity index (χ0v) is 16.5. The van der Waals surface area contributed by atoms with E-state index in [2.05, 4.69) is 4.98 Å². The van der Waals surface area contributed by atoms with Crippen LogP contribution in [0.5, 0.6) is 11.5 Å². The quantitative estimate of drug-likeness (QED) is 0.585. The number of carbonyl (C=O) groups is 2. The van der Waals surface area contributed by atoms with Crippen molar-refractivity contribution < 1.29 is 23.1 Å². The van der Waals surface area contributed by atoms with Gasteiger partial charge >= 0.3 is 0 Å². The number of nitrogens with two attached hydrogens (primary N) is 1. The monoisotopic (exact) mass is 423 g/mol. The first-order valence-electron chi connectivity index (χ1n) is 9.22. The number of carbonyl (C=O) groups excluding carboxylic acids is 2. The Hall–Kier alpha value is -4.07. The van der Waals surface area contributed by atoms with Crippen molar-refractivity contribution in [3.63, 3.8) is 0 Å². The van der Waals surface area contributed by atoms with Crippen molar-refractivity contribution in [3.8, 4) is 11.5 Å². The molecule has 2 aromatic carbocycles. The number of halogens is 2. The summed E-state index contributed by atoms with van der Waals surface area (Å²) < 4.78 is 33.3. The third-order valence-corrected chi connectivity index (χ3v) is 4.41. The van der Waals surface area contributed by atoms with Crippen molar-refractivity contribution in [3.05, 3.63) is 95.8 Å². The molecule has 2 amide bonds. The molecule has 0 saturated carbocycles. The van der Waals surface area contributed by atoms with E-state index in [1.807, 2.05) is 0 Å². The molecule has 3 rings (SSSR count). The van der Waals surface area contributed by atoms with Gasteiger partial charge in [0.2, 0.25) is 11.8 Å². The van der Waals surface area contributed by atoms with E-state index in [0.717, 1.165) is 11.0 Å². The van der Waals surface area contributed by atoms with Gasteiger partial charge in [-0.05, 0) is 53.6 Å². The summed E-state index contributed by atoms with van der Waals surface area (Å²) in [5.41, 5.74) is 6.07. The Kier molecular flexibility index (Phi) is 6.71. The molecule has 8 heteroatoms. The molecule has 1 heterocycles. The van der Waals surface area contributed by atoms with Crippen molar-refractivity contribution in [2.45, 2.75) is 6.04 Å². The molecule has 0 saturated heterocycles. The first kappa shape index (κ1) is 21.6. The maximum absolute atomic E-state index is 14.3. The van der Waals surface area contributed by atoms with Gasteiger partial charge < -0.3 is 15.4 Å². The highest BCUT2D eigenvalue weighted by Gasteiger charge is 2.25. The Balaban J connectivity index is 1.73. The SMILES string of the molecule is CN(C(=O)/C=C/c1ccc(Oc2cccnc2)c(F)c1)C(C(N)=O)c1cccc(F)c1. The number of ether oxygens (including phenoxy) is 1. The Labute approximate surface area is 177 Å². The van der Waals surface area contributed by atoms with Crippen LogP contribution in [0.3, 0.4) is 0 Å². The van der Waals surface area contributed by atoms with Crippen LogP contribution >= 0.6 is 0 Å². The van der Waals surface area contributed by atoms with Crippen LogP contribution in [0.2, 0.25) is 0 Å². The van der Waals surface area contributed by atoms with Crippen molar-refractivity contribution in [1.82, 2.24) is 9.88 Å². The van der Waals surface area contributed by atoms with Crippen LogP contribution in [0.4, 0.5) is 8.78 Å². The number of pyridine rings is 1. The molecule has 0 radical (unpaired) electrons. The predicted molar refractivity (Wildman–Crippen MR) is 111 cm³/mol. The average Bonchev–Trinajstić information content (AvgIpc) is 2.74. The first-order chi connectivity index (χ1) is 14.8. The zero-order valence-electron chi connectivity index (χ0n) is 16.5. The van der Waals surface area contributed by atoms with E-state index in [1.165, 1.54) is 55.7 Å². The number of rotatable bonds is 7. The fourth-order valence-electron chi connectivity index (χ4n) is 2.91. The zero-order chi connectivity index (χ0) is 22.4. The molecule has 3 aromatic rings. The minimum absolute atomic E-state index is 0.00786. The van der Waals surface area contributed by atoms with E-state index in [1.54, 1.807) is 24.4 Å². The summed E-state index contributed by atoms with van der Waals surface area (Å²) in [4.78, 5) is 29.4. The normalized spacial score (nSPS) is 11.8. The maximum atomic E-state index is 14.3. The molecular formula is C23H19F2N3O3. The van der Waals surface area contributed by atoms with Crippen LogP contribution in [0.15, 0.2) is 73.1 Å². The second-order valence-electron chi connectivity index (χ2n) is 6.62. The highest BCUT2D eigenvalue weighted by molar-refractivity contribution is 5.95. The van der Waals surface area contributed by atoms with Crippen LogP contribution in [0.1, 0.15) is 17.2 Å². The van der Waals surface area contributed by atoms with Crippen molar-refractivity contribution in [2.75, 3.05) is 7.05 Å². The summed E-state index contributed by atoms with van der Waals surface area (Å²) in [5.74, 6) is -2.16. The number of benzene rings is 2. The van der Waals surface area contributed by atoms with E-state index < -0.39 is 29.5 Å². The predicted octanol–water partition coefficient (Wildman–Crippen LogP) is 3.85. The molecule has 0 aliphatic carbocycles. The Morgan fingerprint density at radius 1 is 1.13 bits per heavy atom. The van der Waals surface area contributed by atoms with E-state index in [9.17, 15) is 18.4 Å². The smallest absolute Gasteiger partial charge is 0.247 e. The lowest BCUT2D eigenvalue weighted by Crippen LogP contribution is -2.38. The third-order valence-electron chi connectivity index (χ3n) is 4.41. The molecule has 0 spiro atoms. The highest BCUT2D eigenvalue weighted by Crippen LogP contribution is 2.25.